The molecule has 2 unspecified atom stereocenters. The smallest absolute Gasteiger partial charge is 0.302 e. The SMILES string of the molecule is CC(=O)OC1CC1N(C)C. The van der Waals surface area contributed by atoms with Crippen molar-refractivity contribution in [1.29, 1.82) is 0 Å². The minimum absolute atomic E-state index is 0.160. The molecular weight excluding hydrogens is 130 g/mol. The molecule has 1 rings (SSSR count). The number of ether oxygens (including phenoxy) is 1. The lowest BCUT2D eigenvalue weighted by atomic mass is 10.6. The summed E-state index contributed by atoms with van der Waals surface area (Å²) in [6.45, 7) is 1.45. The summed E-state index contributed by atoms with van der Waals surface area (Å²) in [6, 6.07) is 0.462. The van der Waals surface area contributed by atoms with Gasteiger partial charge in [-0.3, -0.25) is 4.79 Å². The molecular formula is C7H13NO2. The van der Waals surface area contributed by atoms with Crippen molar-refractivity contribution in [3.8, 4) is 0 Å². The molecule has 0 aromatic carbocycles. The lowest BCUT2D eigenvalue weighted by molar-refractivity contribution is -0.142. The summed E-state index contributed by atoms with van der Waals surface area (Å²) in [7, 11) is 3.99. The highest BCUT2D eigenvalue weighted by Crippen LogP contribution is 2.29. The van der Waals surface area contributed by atoms with Crippen LogP contribution in [0.5, 0.6) is 0 Å². The summed E-state index contributed by atoms with van der Waals surface area (Å²) >= 11 is 0. The molecule has 58 valence electrons. The zero-order chi connectivity index (χ0) is 7.72. The Labute approximate surface area is 61.0 Å². The fourth-order valence-corrected chi connectivity index (χ4v) is 1.04. The van der Waals surface area contributed by atoms with E-state index in [0.717, 1.165) is 6.42 Å². The monoisotopic (exact) mass is 143 g/mol. The minimum atomic E-state index is -0.172. The third-order valence-electron chi connectivity index (χ3n) is 1.68. The highest BCUT2D eigenvalue weighted by molar-refractivity contribution is 5.66. The predicted octanol–water partition coefficient (Wildman–Crippen LogP) is 0.252. The van der Waals surface area contributed by atoms with Crippen LogP contribution in [0.1, 0.15) is 13.3 Å². The second-order valence-corrected chi connectivity index (χ2v) is 2.91. The van der Waals surface area contributed by atoms with Crippen LogP contribution < -0.4 is 0 Å². The van der Waals surface area contributed by atoms with Crippen LogP contribution in [0.4, 0.5) is 0 Å². The van der Waals surface area contributed by atoms with Gasteiger partial charge in [0, 0.05) is 19.4 Å². The highest BCUT2D eigenvalue weighted by atomic mass is 16.5. The van der Waals surface area contributed by atoms with E-state index in [1.54, 1.807) is 0 Å². The number of rotatable bonds is 2. The van der Waals surface area contributed by atoms with E-state index in [2.05, 4.69) is 4.90 Å². The van der Waals surface area contributed by atoms with Gasteiger partial charge in [0.1, 0.15) is 6.10 Å². The molecule has 1 aliphatic carbocycles. The van der Waals surface area contributed by atoms with Crippen LogP contribution in [-0.2, 0) is 9.53 Å². The second kappa shape index (κ2) is 2.58. The molecule has 0 amide bonds. The van der Waals surface area contributed by atoms with Crippen molar-refractivity contribution < 1.29 is 9.53 Å². The average Bonchev–Trinajstić information content (AvgIpc) is 2.43. The van der Waals surface area contributed by atoms with Crippen molar-refractivity contribution in [2.45, 2.75) is 25.5 Å². The molecule has 0 saturated heterocycles. The van der Waals surface area contributed by atoms with Gasteiger partial charge in [-0.25, -0.2) is 0 Å². The molecule has 0 spiro atoms. The Morgan fingerprint density at radius 3 is 2.50 bits per heavy atom. The molecule has 0 aliphatic heterocycles. The molecule has 3 nitrogen and oxygen atoms in total. The Morgan fingerprint density at radius 2 is 2.20 bits per heavy atom. The molecule has 0 aromatic rings. The molecule has 3 heteroatoms. The van der Waals surface area contributed by atoms with E-state index in [1.807, 2.05) is 14.1 Å². The summed E-state index contributed by atoms with van der Waals surface area (Å²) in [5.74, 6) is -0.172. The van der Waals surface area contributed by atoms with Gasteiger partial charge in [0.25, 0.3) is 0 Å². The van der Waals surface area contributed by atoms with Crippen LogP contribution >= 0.6 is 0 Å². The number of carbonyl (C=O) groups excluding carboxylic acids is 1. The maximum absolute atomic E-state index is 10.4. The third kappa shape index (κ3) is 1.70. The Balaban J connectivity index is 2.19. The van der Waals surface area contributed by atoms with E-state index in [4.69, 9.17) is 4.74 Å². The number of carbonyl (C=O) groups is 1. The van der Waals surface area contributed by atoms with Gasteiger partial charge in [-0.1, -0.05) is 0 Å². The zero-order valence-electron chi connectivity index (χ0n) is 6.63. The number of nitrogens with zero attached hydrogens (tertiary/aromatic N) is 1. The quantitative estimate of drug-likeness (QED) is 0.519. The molecule has 0 radical (unpaired) electrons. The van der Waals surface area contributed by atoms with E-state index in [-0.39, 0.29) is 12.1 Å². The van der Waals surface area contributed by atoms with Crippen molar-refractivity contribution in [3.63, 3.8) is 0 Å². The molecule has 0 N–H and O–H groups in total. The summed E-state index contributed by atoms with van der Waals surface area (Å²) in [5, 5.41) is 0. The fraction of sp³-hybridized carbons (Fsp3) is 0.857. The van der Waals surface area contributed by atoms with Crippen LogP contribution in [0, 0.1) is 0 Å². The molecule has 10 heavy (non-hydrogen) atoms. The van der Waals surface area contributed by atoms with Crippen molar-refractivity contribution in [2.75, 3.05) is 14.1 Å². The van der Waals surface area contributed by atoms with Gasteiger partial charge in [0.2, 0.25) is 0 Å². The number of esters is 1. The summed E-state index contributed by atoms with van der Waals surface area (Å²) in [4.78, 5) is 12.5. The van der Waals surface area contributed by atoms with Gasteiger partial charge in [0.15, 0.2) is 0 Å². The summed E-state index contributed by atoms with van der Waals surface area (Å²) < 4.78 is 4.95. The normalized spacial score (nSPS) is 30.4. The Hall–Kier alpha value is -0.570. The summed E-state index contributed by atoms with van der Waals surface area (Å²) in [6.07, 6.45) is 1.15. The van der Waals surface area contributed by atoms with E-state index >= 15 is 0 Å². The van der Waals surface area contributed by atoms with Crippen molar-refractivity contribution in [1.82, 2.24) is 4.90 Å². The molecule has 1 saturated carbocycles. The Kier molecular flexibility index (Phi) is 1.94. The van der Waals surface area contributed by atoms with Crippen LogP contribution in [0.2, 0.25) is 0 Å². The number of hydrogen-bond donors (Lipinski definition) is 0. The predicted molar refractivity (Wildman–Crippen MR) is 37.6 cm³/mol. The highest BCUT2D eigenvalue weighted by Gasteiger charge is 2.41. The zero-order valence-corrected chi connectivity index (χ0v) is 6.63. The molecule has 0 heterocycles. The van der Waals surface area contributed by atoms with E-state index in [1.165, 1.54) is 6.92 Å². The van der Waals surface area contributed by atoms with Gasteiger partial charge in [0.05, 0.1) is 0 Å². The van der Waals surface area contributed by atoms with E-state index in [0.29, 0.717) is 6.04 Å². The van der Waals surface area contributed by atoms with Gasteiger partial charge >= 0.3 is 5.97 Å². The number of hydrogen-bond acceptors (Lipinski definition) is 3. The van der Waals surface area contributed by atoms with Crippen molar-refractivity contribution in [2.24, 2.45) is 0 Å². The van der Waals surface area contributed by atoms with E-state index < -0.39 is 0 Å². The average molecular weight is 143 g/mol. The summed E-state index contributed by atoms with van der Waals surface area (Å²) in [5.41, 5.74) is 0. The number of likely N-dealkylation sites (N-methyl/N-ethyl adjacent to an activating group) is 1. The first-order valence-corrected chi connectivity index (χ1v) is 3.45. The minimum Gasteiger partial charge on any atom is -0.461 e. The Bertz CT molecular complexity index is 145. The molecule has 1 fully saturated rings. The first-order valence-electron chi connectivity index (χ1n) is 3.45. The first-order chi connectivity index (χ1) is 4.61. The largest absolute Gasteiger partial charge is 0.461 e. The van der Waals surface area contributed by atoms with Crippen LogP contribution in [-0.4, -0.2) is 37.1 Å². The first kappa shape index (κ1) is 7.54. The Morgan fingerprint density at radius 1 is 1.60 bits per heavy atom. The van der Waals surface area contributed by atoms with E-state index in [9.17, 15) is 4.79 Å². The standard InChI is InChI=1S/C7H13NO2/c1-5(9)10-7-4-6(7)8(2)3/h6-7H,4H2,1-3H3. The van der Waals surface area contributed by atoms with Crippen LogP contribution in [0.15, 0.2) is 0 Å². The molecule has 0 aromatic heterocycles. The molecule has 0 bridgehead atoms. The molecule has 2 atom stereocenters. The topological polar surface area (TPSA) is 29.5 Å². The third-order valence-corrected chi connectivity index (χ3v) is 1.68. The maximum Gasteiger partial charge on any atom is 0.302 e. The van der Waals surface area contributed by atoms with Crippen LogP contribution in [0.25, 0.3) is 0 Å². The lowest BCUT2D eigenvalue weighted by Gasteiger charge is -2.07. The van der Waals surface area contributed by atoms with Gasteiger partial charge in [-0.2, -0.15) is 0 Å². The lowest BCUT2D eigenvalue weighted by Crippen LogP contribution is -2.19. The second-order valence-electron chi connectivity index (χ2n) is 2.91. The molecule has 1 aliphatic rings. The van der Waals surface area contributed by atoms with Gasteiger partial charge < -0.3 is 9.64 Å². The fourth-order valence-electron chi connectivity index (χ4n) is 1.04. The van der Waals surface area contributed by atoms with Crippen molar-refractivity contribution in [3.05, 3.63) is 0 Å². The van der Waals surface area contributed by atoms with Gasteiger partial charge in [-0.15, -0.1) is 0 Å². The van der Waals surface area contributed by atoms with Crippen LogP contribution in [0.3, 0.4) is 0 Å². The van der Waals surface area contributed by atoms with Crippen molar-refractivity contribution >= 4 is 5.97 Å². The maximum atomic E-state index is 10.4. The van der Waals surface area contributed by atoms with Gasteiger partial charge in [-0.05, 0) is 14.1 Å².